The first-order valence-corrected chi connectivity index (χ1v) is 13.6. The first kappa shape index (κ1) is 28.4. The molecule has 5 rings (SSSR count). The summed E-state index contributed by atoms with van der Waals surface area (Å²) in [5, 5.41) is 13.8. The number of halogens is 3. The zero-order valence-electron chi connectivity index (χ0n) is 23.8. The molecule has 2 N–H and O–H groups in total. The van der Waals surface area contributed by atoms with Gasteiger partial charge in [0.2, 0.25) is 0 Å². The van der Waals surface area contributed by atoms with Crippen molar-refractivity contribution in [3.8, 4) is 11.5 Å². The number of nitrogens with one attached hydrogen (secondary N) is 1. The van der Waals surface area contributed by atoms with E-state index in [1.807, 2.05) is 0 Å². The zero-order valence-corrected chi connectivity index (χ0v) is 23.8. The number of hydrogen-bond acceptors (Lipinski definition) is 7. The van der Waals surface area contributed by atoms with E-state index < -0.39 is 28.9 Å². The number of aliphatic hydroxyl groups is 1. The number of fused-ring (bicyclic) bond motifs is 1. The van der Waals surface area contributed by atoms with Crippen molar-refractivity contribution in [1.29, 1.82) is 0 Å². The van der Waals surface area contributed by atoms with Gasteiger partial charge in [-0.15, -0.1) is 0 Å². The highest BCUT2D eigenvalue weighted by Gasteiger charge is 2.52. The third kappa shape index (κ3) is 4.96. The van der Waals surface area contributed by atoms with Crippen molar-refractivity contribution in [2.45, 2.75) is 82.5 Å². The van der Waals surface area contributed by atoms with Gasteiger partial charge in [0, 0.05) is 28.6 Å². The second kappa shape index (κ2) is 10.1. The Labute approximate surface area is 232 Å². The molecule has 1 aliphatic heterocycles. The van der Waals surface area contributed by atoms with E-state index in [1.165, 1.54) is 31.4 Å². The normalized spacial score (nSPS) is 19.7. The molecule has 216 valence electrons. The molecule has 1 aromatic heterocycles. The molecule has 2 heterocycles. The summed E-state index contributed by atoms with van der Waals surface area (Å²) < 4.78 is 57.1. The van der Waals surface area contributed by atoms with E-state index in [4.69, 9.17) is 9.47 Å². The number of benzene rings is 2. The predicted octanol–water partition coefficient (Wildman–Crippen LogP) is 6.13. The van der Waals surface area contributed by atoms with Crippen LogP contribution in [0, 0.1) is 12.7 Å². The lowest BCUT2D eigenvalue weighted by Gasteiger charge is -2.30. The van der Waals surface area contributed by atoms with E-state index in [9.17, 15) is 13.9 Å². The lowest BCUT2D eigenvalue weighted by Crippen LogP contribution is -2.41. The number of ether oxygens (including phenoxy) is 2. The number of nitrogens with zero attached hydrogens (tertiary/aromatic N) is 3. The molecule has 0 amide bonds. The van der Waals surface area contributed by atoms with E-state index in [-0.39, 0.29) is 5.56 Å². The van der Waals surface area contributed by atoms with Gasteiger partial charge < -0.3 is 19.9 Å². The first-order valence-electron chi connectivity index (χ1n) is 13.6. The van der Waals surface area contributed by atoms with E-state index >= 15 is 4.39 Å². The standard InChI is InChI=1S/C30H37F3N4O3/c1-17(20-8-7-9-22(26(20)31)30(32,33)28(3,4)38)34-27-21-14-25(24(39-6)15-23(21)35-18(2)36-27)40-16-19-10-11-29(12-13-29)37(19)5/h7-9,14-15,17,19,38H,10-13,16H2,1-6H3,(H,34,35,36)/t17-,19+/m1/s1. The Morgan fingerprint density at radius 2 is 1.90 bits per heavy atom. The fraction of sp³-hybridized carbons (Fsp3) is 0.533. The number of alkyl halides is 2. The molecule has 3 aromatic rings. The summed E-state index contributed by atoms with van der Waals surface area (Å²) in [4.78, 5) is 11.5. The molecule has 1 spiro atoms. The largest absolute Gasteiger partial charge is 0.493 e. The van der Waals surface area contributed by atoms with Gasteiger partial charge in [-0.3, -0.25) is 4.90 Å². The highest BCUT2D eigenvalue weighted by Crippen LogP contribution is 2.51. The van der Waals surface area contributed by atoms with Gasteiger partial charge in [0.15, 0.2) is 11.5 Å². The molecule has 1 aliphatic carbocycles. The number of aryl methyl sites for hydroxylation is 1. The van der Waals surface area contributed by atoms with Crippen LogP contribution in [0.4, 0.5) is 19.0 Å². The van der Waals surface area contributed by atoms with Crippen molar-refractivity contribution in [1.82, 2.24) is 14.9 Å². The van der Waals surface area contributed by atoms with Crippen LogP contribution in [0.1, 0.15) is 69.4 Å². The summed E-state index contributed by atoms with van der Waals surface area (Å²) in [5.41, 5.74) is -2.33. The summed E-state index contributed by atoms with van der Waals surface area (Å²) in [6.07, 6.45) is 4.74. The van der Waals surface area contributed by atoms with E-state index in [2.05, 4.69) is 27.2 Å². The molecule has 2 fully saturated rings. The fourth-order valence-electron chi connectivity index (χ4n) is 5.69. The highest BCUT2D eigenvalue weighted by atomic mass is 19.3. The van der Waals surface area contributed by atoms with E-state index in [0.29, 0.717) is 52.2 Å². The Balaban J connectivity index is 1.45. The topological polar surface area (TPSA) is 79.7 Å². The van der Waals surface area contributed by atoms with E-state index in [1.54, 1.807) is 33.1 Å². The van der Waals surface area contributed by atoms with Crippen LogP contribution in [0.5, 0.6) is 11.5 Å². The van der Waals surface area contributed by atoms with Crippen LogP contribution in [-0.2, 0) is 5.92 Å². The molecule has 1 saturated carbocycles. The van der Waals surface area contributed by atoms with Gasteiger partial charge in [0.1, 0.15) is 29.7 Å². The lowest BCUT2D eigenvalue weighted by molar-refractivity contribution is -0.170. The Morgan fingerprint density at radius 1 is 1.18 bits per heavy atom. The predicted molar refractivity (Wildman–Crippen MR) is 148 cm³/mol. The van der Waals surface area contributed by atoms with Gasteiger partial charge in [-0.2, -0.15) is 8.78 Å². The van der Waals surface area contributed by atoms with E-state index in [0.717, 1.165) is 26.3 Å². The Hall–Kier alpha value is -3.11. The summed E-state index contributed by atoms with van der Waals surface area (Å²) in [7, 11) is 3.74. The quantitative estimate of drug-likeness (QED) is 0.327. The van der Waals surface area contributed by atoms with Crippen LogP contribution in [0.25, 0.3) is 10.9 Å². The van der Waals surface area contributed by atoms with Crippen molar-refractivity contribution >= 4 is 16.7 Å². The molecule has 40 heavy (non-hydrogen) atoms. The second-order valence-corrected chi connectivity index (χ2v) is 11.7. The van der Waals surface area contributed by atoms with Crippen LogP contribution in [0.15, 0.2) is 30.3 Å². The Kier molecular flexibility index (Phi) is 7.15. The Morgan fingerprint density at radius 3 is 2.52 bits per heavy atom. The van der Waals surface area contributed by atoms with Gasteiger partial charge in [0.05, 0.1) is 24.2 Å². The summed E-state index contributed by atoms with van der Waals surface area (Å²) in [6, 6.07) is 6.96. The Bertz CT molecular complexity index is 1420. The second-order valence-electron chi connectivity index (χ2n) is 11.7. The number of hydrogen-bond donors (Lipinski definition) is 2. The average molecular weight is 559 g/mol. The van der Waals surface area contributed by atoms with Crippen molar-refractivity contribution in [3.05, 3.63) is 53.1 Å². The molecule has 10 heteroatoms. The molecule has 2 aliphatic rings. The van der Waals surface area contributed by atoms with Gasteiger partial charge in [-0.25, -0.2) is 14.4 Å². The number of likely N-dealkylation sites (tertiary alicyclic amines) is 1. The minimum Gasteiger partial charge on any atom is -0.493 e. The average Bonchev–Trinajstić information content (AvgIpc) is 3.61. The van der Waals surface area contributed by atoms with Gasteiger partial charge in [-0.1, -0.05) is 12.1 Å². The van der Waals surface area contributed by atoms with Crippen LogP contribution in [0.3, 0.4) is 0 Å². The third-order valence-corrected chi connectivity index (χ3v) is 8.55. The molecule has 0 bridgehead atoms. The number of aromatic nitrogens is 2. The van der Waals surface area contributed by atoms with Crippen molar-refractivity contribution in [2.24, 2.45) is 0 Å². The van der Waals surface area contributed by atoms with Gasteiger partial charge in [-0.05, 0) is 72.6 Å². The molecular weight excluding hydrogens is 521 g/mol. The van der Waals surface area contributed by atoms with Crippen molar-refractivity contribution in [3.63, 3.8) is 0 Å². The molecule has 2 atom stereocenters. The SMILES string of the molecule is COc1cc2nc(C)nc(N[C@H](C)c3cccc(C(F)(F)C(C)(C)O)c3F)c2cc1OC[C@@H]1CCC2(CC2)N1C. The maximum atomic E-state index is 15.4. The molecule has 2 aromatic carbocycles. The zero-order chi connectivity index (χ0) is 29.0. The van der Waals surface area contributed by atoms with Crippen molar-refractivity contribution in [2.75, 3.05) is 26.1 Å². The number of anilines is 1. The summed E-state index contributed by atoms with van der Waals surface area (Å²) >= 11 is 0. The fourth-order valence-corrected chi connectivity index (χ4v) is 5.69. The minimum absolute atomic E-state index is 0.0223. The smallest absolute Gasteiger partial charge is 0.303 e. The van der Waals surface area contributed by atoms with Crippen LogP contribution in [0.2, 0.25) is 0 Å². The third-order valence-electron chi connectivity index (χ3n) is 8.55. The lowest BCUT2D eigenvalue weighted by atomic mass is 9.91. The van der Waals surface area contributed by atoms with Crippen LogP contribution in [-0.4, -0.2) is 57.9 Å². The van der Waals surface area contributed by atoms with Gasteiger partial charge >= 0.3 is 5.92 Å². The summed E-state index contributed by atoms with van der Waals surface area (Å²) in [6.45, 7) is 5.83. The number of likely N-dealkylation sites (N-methyl/N-ethyl adjacent to an activating group) is 1. The van der Waals surface area contributed by atoms with Gasteiger partial charge in [0.25, 0.3) is 0 Å². The molecule has 0 radical (unpaired) electrons. The maximum Gasteiger partial charge on any atom is 0.303 e. The molecule has 1 saturated heterocycles. The maximum absolute atomic E-state index is 15.4. The minimum atomic E-state index is -3.79. The van der Waals surface area contributed by atoms with Crippen molar-refractivity contribution < 1.29 is 27.8 Å². The summed E-state index contributed by atoms with van der Waals surface area (Å²) in [5.74, 6) is -2.90. The monoisotopic (exact) mass is 558 g/mol. The molecule has 7 nitrogen and oxygen atoms in total. The molecule has 0 unspecified atom stereocenters. The highest BCUT2D eigenvalue weighted by molar-refractivity contribution is 5.92. The number of methoxy groups -OCH3 is 1. The molecular formula is C30H37F3N4O3. The number of rotatable bonds is 9. The van der Waals surface area contributed by atoms with Crippen LogP contribution >= 0.6 is 0 Å². The van der Waals surface area contributed by atoms with Crippen LogP contribution < -0.4 is 14.8 Å². The first-order chi connectivity index (χ1) is 18.8.